The first-order chi connectivity index (χ1) is 55.7. The van der Waals surface area contributed by atoms with Crippen molar-refractivity contribution in [2.75, 3.05) is 36.5 Å². The number of ether oxygens (including phenoxy) is 1. The highest BCUT2D eigenvalue weighted by atomic mass is 32.2. The van der Waals surface area contributed by atoms with Gasteiger partial charge in [0.05, 0.1) is 0 Å². The van der Waals surface area contributed by atoms with Crippen molar-refractivity contribution >= 4 is 96.0 Å². The van der Waals surface area contributed by atoms with E-state index in [0.29, 0.717) is 15.4 Å². The van der Waals surface area contributed by atoms with Gasteiger partial charge < -0.3 is 40.5 Å². The number of aromatic hydroxyl groups is 7. The van der Waals surface area contributed by atoms with E-state index in [4.69, 9.17) is 25.2 Å². The van der Waals surface area contributed by atoms with E-state index in [1.54, 1.807) is 24.3 Å². The lowest BCUT2D eigenvalue weighted by Crippen LogP contribution is -2.38. The second-order valence-corrected chi connectivity index (χ2v) is 46.9. The molecular weight excluding hydrogens is 1630 g/mol. The van der Waals surface area contributed by atoms with Crippen LogP contribution < -0.4 is 4.74 Å². The first-order valence-corrected chi connectivity index (χ1v) is 49.3. The predicted octanol–water partition coefficient (Wildman–Crippen LogP) is 25.6. The second kappa shape index (κ2) is 41.5. The number of fused-ring (bicyclic) bond motifs is 5. The summed E-state index contributed by atoms with van der Waals surface area (Å²) >= 11 is 0. The third kappa shape index (κ3) is 23.8. The zero-order chi connectivity index (χ0) is 84.6. The average molecular weight is 1740 g/mol. The lowest BCUT2D eigenvalue weighted by molar-refractivity contribution is 0.394. The Hall–Kier alpha value is -8.42. The van der Waals surface area contributed by atoms with Gasteiger partial charge in [0.15, 0.2) is 142 Å². The van der Waals surface area contributed by atoms with Gasteiger partial charge in [-0.3, -0.25) is 0 Å². The largest absolute Gasteiger partial charge is 0.505 e. The highest BCUT2D eigenvalue weighted by Crippen LogP contribution is 2.50. The average Bonchev–Trinajstić information content (AvgIpc) is 1.62. The van der Waals surface area contributed by atoms with Gasteiger partial charge in [0, 0.05) is 130 Å². The van der Waals surface area contributed by atoms with Crippen LogP contribution in [0.25, 0.3) is 25.1 Å². The van der Waals surface area contributed by atoms with E-state index >= 15 is 0 Å². The Bertz CT molecular complexity index is 5210. The number of para-hydroxylation sites is 2. The number of halogens is 8. The Kier molecular flexibility index (Phi) is 32.2. The lowest BCUT2D eigenvalue weighted by atomic mass is 10.0. The number of rotatable bonds is 9. The van der Waals surface area contributed by atoms with Crippen molar-refractivity contribution in [2.45, 2.75) is 178 Å². The standard InChI is InChI=1S/C18H11FO2S.C18H11FOS.C16H23FOS.C13H17FOS.C11H15FOS.C10H10F2OS.C8H9FOS/c19-13-11-12(9-10-14(13)20)22-17-7-3-1-5-15(17)21-16-6-2-4-8-18(16)22;19-15-11-12(9-10-16(15)20)21-17-7-3-1-5-13(17)14-6-2-4-8-18(14)21;1-16(2,3)19(12-7-5-4-6-8-12)13-9-10-15(18)14(17)11-13;1-16(10-5-3-2-4-6-10)11-7-8-13(15)12(14)9-11;1-11(2,3)14(4)8-5-6-10(13)9(12)7-8;11-8-5-7(6-9(12)10(8)13)14-3-1-2-4-14;1-11(2)6-3-4-8(10)7(9)5-6/h1-11H;1-11H;9-12H,4-8H2,1-3H3;7-10H,2-6H2,1H3;5-7H,1-4H3;5-6H,1-4H2;3-5H,1-2H3/p+7. The summed E-state index contributed by atoms with van der Waals surface area (Å²) in [5.41, 5.74) is 0. The van der Waals surface area contributed by atoms with Gasteiger partial charge in [-0.2, -0.15) is 0 Å². The first-order valence-electron chi connectivity index (χ1n) is 38.6. The van der Waals surface area contributed by atoms with Crippen LogP contribution in [-0.4, -0.2) is 92.3 Å². The maximum atomic E-state index is 13.8. The molecule has 2 aliphatic carbocycles. The molecule has 3 fully saturated rings. The quantitative estimate of drug-likeness (QED) is 0.0558. The molecule has 117 heavy (non-hydrogen) atoms. The number of hydrogen-bond donors (Lipinski definition) is 7. The molecule has 3 atom stereocenters. The van der Waals surface area contributed by atoms with Gasteiger partial charge in [-0.05, 0) is 221 Å². The number of hydrogen-bond acceptors (Lipinski definition) is 8. The molecule has 4 aliphatic rings. The third-order valence-corrected chi connectivity index (χ3v) is 36.9. The maximum absolute atomic E-state index is 13.8. The summed E-state index contributed by atoms with van der Waals surface area (Å²) in [6, 6.07) is 62.7. The van der Waals surface area contributed by atoms with Crippen molar-refractivity contribution in [2.24, 2.45) is 0 Å². The summed E-state index contributed by atoms with van der Waals surface area (Å²) < 4.78 is 115. The monoisotopic (exact) mass is 1740 g/mol. The lowest BCUT2D eigenvalue weighted by Gasteiger charge is -2.30. The van der Waals surface area contributed by atoms with Gasteiger partial charge >= 0.3 is 0 Å². The molecule has 7 N–H and O–H groups in total. The van der Waals surface area contributed by atoms with Crippen LogP contribution in [0.5, 0.6) is 51.7 Å². The molecule has 0 bridgehead atoms. The molecule has 2 aliphatic heterocycles. The summed E-state index contributed by atoms with van der Waals surface area (Å²) in [7, 11) is -0.593. The third-order valence-electron chi connectivity index (χ3n) is 20.2. The van der Waals surface area contributed by atoms with Crippen LogP contribution in [0.3, 0.4) is 0 Å². The van der Waals surface area contributed by atoms with Crippen molar-refractivity contribution in [3.8, 4) is 56.6 Å². The van der Waals surface area contributed by atoms with Crippen molar-refractivity contribution in [1.82, 2.24) is 0 Å². The molecule has 2 saturated carbocycles. The highest BCUT2D eigenvalue weighted by molar-refractivity contribution is 7.99. The van der Waals surface area contributed by atoms with E-state index in [-0.39, 0.29) is 109 Å². The maximum Gasteiger partial charge on any atom is 0.209 e. The van der Waals surface area contributed by atoms with Gasteiger partial charge in [-0.25, -0.2) is 35.1 Å². The molecule has 3 unspecified atom stereocenters. The van der Waals surface area contributed by atoms with Crippen molar-refractivity contribution in [1.29, 1.82) is 0 Å². The molecule has 618 valence electrons. The molecule has 1 saturated heterocycles. The van der Waals surface area contributed by atoms with Crippen LogP contribution in [0.1, 0.15) is 119 Å². The molecule has 11 aromatic carbocycles. The minimum absolute atomic E-state index is 0.0106. The molecule has 8 nitrogen and oxygen atoms in total. The highest BCUT2D eigenvalue weighted by Gasteiger charge is 2.45. The summed E-state index contributed by atoms with van der Waals surface area (Å²) in [4.78, 5) is 8.44. The zero-order valence-electron chi connectivity index (χ0n) is 67.3. The van der Waals surface area contributed by atoms with Gasteiger partial charge in [0.25, 0.3) is 0 Å². The number of benzene rings is 11. The van der Waals surface area contributed by atoms with E-state index < -0.39 is 63.2 Å². The topological polar surface area (TPSA) is 151 Å². The fourth-order valence-electron chi connectivity index (χ4n) is 13.9. The van der Waals surface area contributed by atoms with Crippen molar-refractivity contribution in [3.05, 3.63) is 265 Å². The first kappa shape index (κ1) is 90.9. The fourth-order valence-corrected chi connectivity index (χ4v) is 28.1. The summed E-state index contributed by atoms with van der Waals surface area (Å²) in [5, 5.41) is 68.0. The molecule has 3 heterocycles. The Balaban J connectivity index is 0.000000146. The number of phenols is 7. The van der Waals surface area contributed by atoms with E-state index in [1.165, 1.54) is 169 Å². The second-order valence-electron chi connectivity index (χ2n) is 30.6. The SMILES string of the molecule is CC(C)(C)[S+](c1ccc(O)c(F)c1)C1CCCCC1.C[S+](C)c1ccc(O)c(F)c1.C[S+](c1ccc(O)c(F)c1)C(C)(C)C.C[S+](c1ccc(O)c(F)c1)C1CCCCC1.Oc1c(F)cc([S+]2CCCC2)cc1F.Oc1ccc(-[s+]2c3ccccc3c3ccccc32)cc1F.Oc1ccc([S+]2c3ccccc3Oc3ccccc32)cc1F. The van der Waals surface area contributed by atoms with Crippen LogP contribution >= 0.6 is 10.5 Å². The van der Waals surface area contributed by atoms with E-state index in [2.05, 4.69) is 78.3 Å². The molecule has 0 spiro atoms. The van der Waals surface area contributed by atoms with Crippen LogP contribution in [0.2, 0.25) is 0 Å². The van der Waals surface area contributed by atoms with Gasteiger partial charge in [0.1, 0.15) is 67.4 Å². The molecule has 1 aromatic heterocycles. The van der Waals surface area contributed by atoms with Gasteiger partial charge in [-0.15, -0.1) is 0 Å². The van der Waals surface area contributed by atoms with E-state index in [9.17, 15) is 50.4 Å². The zero-order valence-corrected chi connectivity index (χ0v) is 73.0. The number of phenolic OH excluding ortho intramolecular Hbond substituents is 7. The van der Waals surface area contributed by atoms with Crippen molar-refractivity contribution < 1.29 is 75.6 Å². The molecule has 0 amide bonds. The molecule has 23 heteroatoms. The van der Waals surface area contributed by atoms with E-state index in [1.807, 2.05) is 97.4 Å². The summed E-state index contributed by atoms with van der Waals surface area (Å²) in [6.45, 7) is 13.1. The number of thiophene rings is 1. The Morgan fingerprint density at radius 1 is 0.342 bits per heavy atom. The minimum Gasteiger partial charge on any atom is -0.505 e. The Labute approximate surface area is 702 Å². The van der Waals surface area contributed by atoms with Gasteiger partial charge in [0.2, 0.25) is 9.79 Å². The predicted molar refractivity (Wildman–Crippen MR) is 474 cm³/mol. The Morgan fingerprint density at radius 2 is 0.701 bits per heavy atom. The molecule has 12 aromatic rings. The van der Waals surface area contributed by atoms with Crippen LogP contribution in [0.15, 0.2) is 258 Å². The normalized spacial score (nSPS) is 15.1. The summed E-state index contributed by atoms with van der Waals surface area (Å²) in [5.74, 6) is -3.86. The molecule has 0 radical (unpaired) electrons. The van der Waals surface area contributed by atoms with E-state index in [0.717, 1.165) is 75.0 Å². The van der Waals surface area contributed by atoms with Crippen molar-refractivity contribution in [3.63, 3.8) is 0 Å². The minimum atomic E-state index is -0.864. The molecule has 16 rings (SSSR count). The smallest absolute Gasteiger partial charge is 0.209 e. The van der Waals surface area contributed by atoms with Gasteiger partial charge in [-0.1, -0.05) is 61.4 Å². The fraction of sp³-hybridized carbons (Fsp3) is 0.298. The Morgan fingerprint density at radius 3 is 1.15 bits per heavy atom. The van der Waals surface area contributed by atoms with Crippen LogP contribution in [-0.2, 0) is 65.4 Å². The van der Waals surface area contributed by atoms with Crippen LogP contribution in [0, 0.1) is 46.5 Å². The summed E-state index contributed by atoms with van der Waals surface area (Å²) in [6.07, 6.45) is 23.5. The van der Waals surface area contributed by atoms with Crippen LogP contribution in [0.4, 0.5) is 35.1 Å². The molecular formula is C94H103F8O8S7+7.